The first-order valence-electron chi connectivity index (χ1n) is 15.4. The molecule has 4 aliphatic rings. The van der Waals surface area contributed by atoms with E-state index in [1.165, 1.54) is 0 Å². The summed E-state index contributed by atoms with van der Waals surface area (Å²) in [6, 6.07) is -1.39. The predicted molar refractivity (Wildman–Crippen MR) is 154 cm³/mol. The van der Waals surface area contributed by atoms with Crippen molar-refractivity contribution in [1.82, 2.24) is 5.32 Å². The lowest BCUT2D eigenvalue weighted by Gasteiger charge is -2.59. The minimum atomic E-state index is -1.85. The molecule has 4 aliphatic carbocycles. The second kappa shape index (κ2) is 13.4. The van der Waals surface area contributed by atoms with Crippen LogP contribution in [-0.4, -0.2) is 82.3 Å². The van der Waals surface area contributed by atoms with Gasteiger partial charge >= 0.3 is 11.9 Å². The van der Waals surface area contributed by atoms with E-state index in [1.54, 1.807) is 12.2 Å². The SMILES string of the molecule is CC(=O)NC(CC(=O)OCC(=O)[C@@]1(O)CC[C@H]2[C@@H]3CCC4=CC(=O)C=C[C@]4(C)[C@H]3[C@@H](O)C[C@@]21C)C(=O)OCCCCO[N+](=O)[O-]. The molecule has 0 spiro atoms. The minimum absolute atomic E-state index is 0.00754. The summed E-state index contributed by atoms with van der Waals surface area (Å²) in [4.78, 5) is 76.7. The zero-order chi connectivity index (χ0) is 33.2. The van der Waals surface area contributed by atoms with E-state index in [0.717, 1.165) is 18.9 Å². The van der Waals surface area contributed by atoms with E-state index in [4.69, 9.17) is 9.47 Å². The van der Waals surface area contributed by atoms with Crippen LogP contribution >= 0.6 is 0 Å². The van der Waals surface area contributed by atoms with Gasteiger partial charge in [0.2, 0.25) is 11.7 Å². The van der Waals surface area contributed by atoms with E-state index in [0.29, 0.717) is 12.8 Å². The van der Waals surface area contributed by atoms with E-state index in [9.17, 15) is 44.3 Å². The lowest BCUT2D eigenvalue weighted by Crippen LogP contribution is -2.61. The molecule has 0 saturated heterocycles. The molecule has 248 valence electrons. The van der Waals surface area contributed by atoms with Gasteiger partial charge in [-0.3, -0.25) is 19.2 Å². The summed E-state index contributed by atoms with van der Waals surface area (Å²) in [5.74, 6) is -3.51. The van der Waals surface area contributed by atoms with Crippen molar-refractivity contribution in [3.63, 3.8) is 0 Å². The molecule has 1 unspecified atom stereocenters. The molecule has 3 saturated carbocycles. The second-order valence-electron chi connectivity index (χ2n) is 13.1. The molecule has 3 N–H and O–H groups in total. The summed E-state index contributed by atoms with van der Waals surface area (Å²) in [7, 11) is 0. The van der Waals surface area contributed by atoms with Crippen molar-refractivity contribution in [3.05, 3.63) is 33.9 Å². The first-order valence-corrected chi connectivity index (χ1v) is 15.4. The maximum atomic E-state index is 13.5. The number of amides is 1. The first kappa shape index (κ1) is 34.2. The highest BCUT2D eigenvalue weighted by molar-refractivity contribution is 6.01. The maximum Gasteiger partial charge on any atom is 0.329 e. The third kappa shape index (κ3) is 6.81. The van der Waals surface area contributed by atoms with Crippen LogP contribution in [-0.2, 0) is 38.3 Å². The number of Topliss-reactive ketones (excluding diaryl/α,β-unsaturated/α-hetero) is 1. The van der Waals surface area contributed by atoms with Gasteiger partial charge in [0.25, 0.3) is 5.09 Å². The smallest absolute Gasteiger partial charge is 0.329 e. The number of aliphatic hydroxyl groups excluding tert-OH is 1. The predicted octanol–water partition coefficient (Wildman–Crippen LogP) is 1.53. The van der Waals surface area contributed by atoms with Gasteiger partial charge in [0.05, 0.1) is 25.7 Å². The molecule has 0 radical (unpaired) electrons. The molecule has 14 nitrogen and oxygen atoms in total. The number of ether oxygens (including phenoxy) is 2. The zero-order valence-electron chi connectivity index (χ0n) is 25.8. The van der Waals surface area contributed by atoms with E-state index in [2.05, 4.69) is 10.2 Å². The van der Waals surface area contributed by atoms with E-state index >= 15 is 0 Å². The molecule has 0 heterocycles. The van der Waals surface area contributed by atoms with Crippen molar-refractivity contribution in [3.8, 4) is 0 Å². The molecule has 1 amide bonds. The van der Waals surface area contributed by atoms with E-state index in [-0.39, 0.29) is 62.4 Å². The maximum absolute atomic E-state index is 13.5. The van der Waals surface area contributed by atoms with Gasteiger partial charge in [0.15, 0.2) is 12.4 Å². The fraction of sp³-hybridized carbons (Fsp3) is 0.710. The normalized spacial score (nSPS) is 33.9. The molecule has 0 aromatic carbocycles. The average molecular weight is 635 g/mol. The summed E-state index contributed by atoms with van der Waals surface area (Å²) in [6.07, 6.45) is 6.36. The molecule has 3 fully saturated rings. The Labute approximate surface area is 260 Å². The first-order chi connectivity index (χ1) is 21.1. The highest BCUT2D eigenvalue weighted by atomic mass is 16.9. The van der Waals surface area contributed by atoms with Crippen molar-refractivity contribution in [2.45, 2.75) is 89.9 Å². The number of nitrogens with one attached hydrogen (secondary N) is 1. The summed E-state index contributed by atoms with van der Waals surface area (Å²) >= 11 is 0. The standard InChI is InChI=1S/C31H42N2O12/c1-18(34)32-23(28(39)43-12-4-5-13-45-33(41)42)15-26(38)44-17-25(37)31(40)11-9-22-21-7-6-19-14-20(35)8-10-29(19,2)27(21)24(36)16-30(22,31)3/h8,10,14,21-24,27,36,40H,4-7,9,11-13,15-17H2,1-3H3,(H,32,34)/t21-,22-,23?,24-,27+,29-,30-,31-/m0/s1. The third-order valence-corrected chi connectivity index (χ3v) is 10.5. The number of hydrogen-bond acceptors (Lipinski definition) is 12. The van der Waals surface area contributed by atoms with Crippen LogP contribution < -0.4 is 5.32 Å². The van der Waals surface area contributed by atoms with Crippen LogP contribution in [0.15, 0.2) is 23.8 Å². The quantitative estimate of drug-likeness (QED) is 0.114. The zero-order valence-corrected chi connectivity index (χ0v) is 25.8. The number of ketones is 2. The number of hydrogen-bond donors (Lipinski definition) is 3. The number of unbranched alkanes of at least 4 members (excludes halogenated alkanes) is 1. The summed E-state index contributed by atoms with van der Waals surface area (Å²) in [6.45, 7) is 3.93. The Hall–Kier alpha value is -3.65. The Balaban J connectivity index is 1.35. The van der Waals surface area contributed by atoms with Crippen molar-refractivity contribution >= 4 is 29.4 Å². The molecule has 0 aromatic rings. The molecular formula is C31H42N2O12. The van der Waals surface area contributed by atoms with Crippen LogP contribution in [0, 0.1) is 38.7 Å². The number of nitrogens with zero attached hydrogens (tertiary/aromatic N) is 1. The van der Waals surface area contributed by atoms with Gasteiger partial charge < -0.3 is 29.8 Å². The number of esters is 2. The molecule has 0 bridgehead atoms. The number of allylic oxidation sites excluding steroid dienone is 4. The fourth-order valence-electron chi connectivity index (χ4n) is 8.33. The highest BCUT2D eigenvalue weighted by Gasteiger charge is 2.68. The Morgan fingerprint density at radius 1 is 1.16 bits per heavy atom. The molecule has 0 aliphatic heterocycles. The van der Waals surface area contributed by atoms with Crippen LogP contribution in [0.25, 0.3) is 0 Å². The molecule has 45 heavy (non-hydrogen) atoms. The van der Waals surface area contributed by atoms with Crippen molar-refractivity contribution < 1.29 is 53.6 Å². The Kier molecular flexibility index (Phi) is 10.2. The van der Waals surface area contributed by atoms with Crippen molar-refractivity contribution in [2.75, 3.05) is 19.8 Å². The van der Waals surface area contributed by atoms with Gasteiger partial charge in [-0.1, -0.05) is 25.5 Å². The van der Waals surface area contributed by atoms with Gasteiger partial charge in [0.1, 0.15) is 11.6 Å². The Morgan fingerprint density at radius 2 is 1.87 bits per heavy atom. The van der Waals surface area contributed by atoms with E-state index in [1.807, 2.05) is 19.9 Å². The van der Waals surface area contributed by atoms with Crippen LogP contribution in [0.4, 0.5) is 0 Å². The number of carbonyl (C=O) groups is 5. The number of carbonyl (C=O) groups excluding carboxylic acids is 5. The summed E-state index contributed by atoms with van der Waals surface area (Å²) in [5, 5.41) is 34.9. The lowest BCUT2D eigenvalue weighted by molar-refractivity contribution is -0.757. The van der Waals surface area contributed by atoms with Gasteiger partial charge in [-0.25, -0.2) is 4.79 Å². The molecule has 14 heteroatoms. The number of fused-ring (bicyclic) bond motifs is 5. The summed E-state index contributed by atoms with van der Waals surface area (Å²) in [5.41, 5.74) is -2.32. The van der Waals surface area contributed by atoms with Gasteiger partial charge in [-0.15, -0.1) is 10.1 Å². The van der Waals surface area contributed by atoms with Gasteiger partial charge in [-0.05, 0) is 68.9 Å². The molecular weight excluding hydrogens is 592 g/mol. The Bertz CT molecular complexity index is 1290. The van der Waals surface area contributed by atoms with Crippen LogP contribution in [0.2, 0.25) is 0 Å². The molecule has 8 atom stereocenters. The second-order valence-corrected chi connectivity index (χ2v) is 13.1. The lowest BCUT2D eigenvalue weighted by atomic mass is 9.46. The monoisotopic (exact) mass is 634 g/mol. The largest absolute Gasteiger partial charge is 0.464 e. The highest BCUT2D eigenvalue weighted by Crippen LogP contribution is 2.67. The van der Waals surface area contributed by atoms with Gasteiger partial charge in [0, 0.05) is 23.7 Å². The van der Waals surface area contributed by atoms with Crippen LogP contribution in [0.1, 0.15) is 72.1 Å². The Morgan fingerprint density at radius 3 is 2.56 bits per heavy atom. The van der Waals surface area contributed by atoms with Gasteiger partial charge in [-0.2, -0.15) is 0 Å². The molecule has 4 rings (SSSR count). The fourth-order valence-corrected chi connectivity index (χ4v) is 8.33. The van der Waals surface area contributed by atoms with Crippen LogP contribution in [0.5, 0.6) is 0 Å². The number of rotatable bonds is 13. The molecule has 0 aromatic heterocycles. The third-order valence-electron chi connectivity index (χ3n) is 10.5. The summed E-state index contributed by atoms with van der Waals surface area (Å²) < 4.78 is 10.2. The minimum Gasteiger partial charge on any atom is -0.464 e. The van der Waals surface area contributed by atoms with Crippen LogP contribution in [0.3, 0.4) is 0 Å². The average Bonchev–Trinajstić information content (AvgIpc) is 3.23. The van der Waals surface area contributed by atoms with E-state index < -0.39 is 70.3 Å². The topological polar surface area (TPSA) is 209 Å². The van der Waals surface area contributed by atoms with Crippen molar-refractivity contribution in [2.24, 2.45) is 28.6 Å². The van der Waals surface area contributed by atoms with Crippen molar-refractivity contribution in [1.29, 1.82) is 0 Å². The number of aliphatic hydroxyl groups is 2.